The SMILES string of the molecule is COc1cc(Nc2nc(C(=O)O)cs2)c(Br)cc1Br. The maximum Gasteiger partial charge on any atom is 0.355 e. The lowest BCUT2D eigenvalue weighted by Crippen LogP contribution is -1.97. The minimum absolute atomic E-state index is 0.0210. The molecule has 0 radical (unpaired) electrons. The first-order valence-corrected chi connectivity index (χ1v) is 7.46. The van der Waals surface area contributed by atoms with Crippen molar-refractivity contribution < 1.29 is 14.6 Å². The number of methoxy groups -OCH3 is 1. The molecule has 0 saturated heterocycles. The molecule has 0 fully saturated rings. The molecule has 100 valence electrons. The minimum Gasteiger partial charge on any atom is -0.495 e. The zero-order valence-corrected chi connectivity index (χ0v) is 13.6. The van der Waals surface area contributed by atoms with Crippen LogP contribution in [0.15, 0.2) is 26.5 Å². The molecule has 19 heavy (non-hydrogen) atoms. The first kappa shape index (κ1) is 14.3. The Bertz CT molecular complexity index is 630. The van der Waals surface area contributed by atoms with Gasteiger partial charge >= 0.3 is 5.97 Å². The fraction of sp³-hybridized carbons (Fsp3) is 0.0909. The van der Waals surface area contributed by atoms with Gasteiger partial charge in [-0.05, 0) is 37.9 Å². The van der Waals surface area contributed by atoms with Gasteiger partial charge in [-0.25, -0.2) is 9.78 Å². The summed E-state index contributed by atoms with van der Waals surface area (Å²) in [6.07, 6.45) is 0. The van der Waals surface area contributed by atoms with Crippen molar-refractivity contribution in [3.63, 3.8) is 0 Å². The van der Waals surface area contributed by atoms with Crippen LogP contribution in [0.3, 0.4) is 0 Å². The van der Waals surface area contributed by atoms with Crippen molar-refractivity contribution in [2.45, 2.75) is 0 Å². The van der Waals surface area contributed by atoms with Gasteiger partial charge in [0.05, 0.1) is 17.3 Å². The summed E-state index contributed by atoms with van der Waals surface area (Å²) in [7, 11) is 1.57. The Kier molecular flexibility index (Phi) is 4.43. The molecule has 0 saturated carbocycles. The fourth-order valence-corrected chi connectivity index (χ4v) is 3.28. The number of hydrogen-bond acceptors (Lipinski definition) is 5. The molecular formula is C11H8Br2N2O3S. The molecule has 5 nitrogen and oxygen atoms in total. The molecule has 0 spiro atoms. The maximum atomic E-state index is 10.8. The molecular weight excluding hydrogens is 400 g/mol. The average Bonchev–Trinajstić information content (AvgIpc) is 2.81. The zero-order valence-electron chi connectivity index (χ0n) is 9.61. The third kappa shape index (κ3) is 3.26. The van der Waals surface area contributed by atoms with Crippen LogP contribution < -0.4 is 10.1 Å². The van der Waals surface area contributed by atoms with Crippen LogP contribution in [0.2, 0.25) is 0 Å². The third-order valence-corrected chi connectivity index (χ3v) is 4.24. The lowest BCUT2D eigenvalue weighted by Gasteiger charge is -2.09. The molecule has 2 aromatic rings. The van der Waals surface area contributed by atoms with Gasteiger partial charge in [-0.15, -0.1) is 11.3 Å². The number of ether oxygens (including phenoxy) is 1. The highest BCUT2D eigenvalue weighted by Crippen LogP contribution is 2.36. The Labute approximate surface area is 129 Å². The number of carbonyl (C=O) groups is 1. The number of carboxylic acid groups (broad SMARTS) is 1. The maximum absolute atomic E-state index is 10.8. The molecule has 0 aliphatic carbocycles. The van der Waals surface area contributed by atoms with E-state index >= 15 is 0 Å². The van der Waals surface area contributed by atoms with Gasteiger partial charge in [0.15, 0.2) is 10.8 Å². The Morgan fingerprint density at radius 3 is 2.74 bits per heavy atom. The summed E-state index contributed by atoms with van der Waals surface area (Å²) >= 11 is 8.02. The van der Waals surface area contributed by atoms with E-state index in [0.29, 0.717) is 10.9 Å². The molecule has 2 rings (SSSR count). The standard InChI is InChI=1S/C11H8Br2N2O3S/c1-18-9-3-7(5(12)2-6(9)13)14-11-15-8(4-19-11)10(16)17/h2-4H,1H3,(H,14,15)(H,16,17). The minimum atomic E-state index is -1.04. The van der Waals surface area contributed by atoms with Crippen LogP contribution >= 0.6 is 43.2 Å². The van der Waals surface area contributed by atoms with Crippen LogP contribution in [-0.2, 0) is 0 Å². The van der Waals surface area contributed by atoms with Crippen molar-refractivity contribution in [2.75, 3.05) is 12.4 Å². The summed E-state index contributed by atoms with van der Waals surface area (Å²) < 4.78 is 6.83. The second-order valence-electron chi connectivity index (χ2n) is 3.43. The Balaban J connectivity index is 2.29. The number of thiazole rings is 1. The number of benzene rings is 1. The smallest absolute Gasteiger partial charge is 0.355 e. The molecule has 0 unspecified atom stereocenters. The predicted octanol–water partition coefficient (Wildman–Crippen LogP) is 4.12. The van der Waals surface area contributed by atoms with E-state index in [1.54, 1.807) is 13.2 Å². The summed E-state index contributed by atoms with van der Waals surface area (Å²) in [4.78, 5) is 14.7. The van der Waals surface area contributed by atoms with E-state index in [-0.39, 0.29) is 5.69 Å². The largest absolute Gasteiger partial charge is 0.495 e. The van der Waals surface area contributed by atoms with Crippen molar-refractivity contribution in [1.82, 2.24) is 4.98 Å². The molecule has 0 aliphatic rings. The van der Waals surface area contributed by atoms with Crippen LogP contribution in [-0.4, -0.2) is 23.2 Å². The van der Waals surface area contributed by atoms with Crippen LogP contribution in [0, 0.1) is 0 Å². The van der Waals surface area contributed by atoms with E-state index < -0.39 is 5.97 Å². The molecule has 0 bridgehead atoms. The second-order valence-corrected chi connectivity index (χ2v) is 6.00. The second kappa shape index (κ2) is 5.89. The van der Waals surface area contributed by atoms with Crippen molar-refractivity contribution >= 4 is 60.0 Å². The van der Waals surface area contributed by atoms with Gasteiger partial charge in [0.1, 0.15) is 5.75 Å². The summed E-state index contributed by atoms with van der Waals surface area (Å²) in [5, 5.41) is 13.8. The van der Waals surface area contributed by atoms with Gasteiger partial charge in [0.2, 0.25) is 0 Å². The van der Waals surface area contributed by atoms with E-state index in [4.69, 9.17) is 9.84 Å². The quantitative estimate of drug-likeness (QED) is 0.797. The molecule has 8 heteroatoms. The zero-order chi connectivity index (χ0) is 14.0. The Morgan fingerprint density at radius 1 is 1.42 bits per heavy atom. The van der Waals surface area contributed by atoms with Crippen molar-refractivity contribution in [1.29, 1.82) is 0 Å². The highest BCUT2D eigenvalue weighted by molar-refractivity contribution is 9.11. The van der Waals surface area contributed by atoms with Gasteiger partial charge in [-0.3, -0.25) is 0 Å². The number of nitrogens with one attached hydrogen (secondary N) is 1. The van der Waals surface area contributed by atoms with Gasteiger partial charge < -0.3 is 15.2 Å². The van der Waals surface area contributed by atoms with Crippen LogP contribution in [0.5, 0.6) is 5.75 Å². The first-order chi connectivity index (χ1) is 9.01. The number of carboxylic acids is 1. The van der Waals surface area contributed by atoms with Gasteiger partial charge in [-0.1, -0.05) is 0 Å². The summed E-state index contributed by atoms with van der Waals surface area (Å²) in [6.45, 7) is 0. The fourth-order valence-electron chi connectivity index (χ4n) is 1.33. The summed E-state index contributed by atoms with van der Waals surface area (Å²) in [5.74, 6) is -0.377. The third-order valence-electron chi connectivity index (χ3n) is 2.21. The van der Waals surface area contributed by atoms with E-state index in [1.807, 2.05) is 6.07 Å². The lowest BCUT2D eigenvalue weighted by atomic mass is 10.3. The van der Waals surface area contributed by atoms with E-state index in [0.717, 1.165) is 14.6 Å². The monoisotopic (exact) mass is 406 g/mol. The van der Waals surface area contributed by atoms with E-state index in [9.17, 15) is 4.79 Å². The van der Waals surface area contributed by atoms with Gasteiger partial charge in [0, 0.05) is 15.9 Å². The highest BCUT2D eigenvalue weighted by Gasteiger charge is 2.11. The number of anilines is 2. The van der Waals surface area contributed by atoms with Crippen molar-refractivity contribution in [3.8, 4) is 5.75 Å². The van der Waals surface area contributed by atoms with Crippen LogP contribution in [0.25, 0.3) is 0 Å². The summed E-state index contributed by atoms with van der Waals surface area (Å²) in [6, 6.07) is 3.63. The predicted molar refractivity (Wildman–Crippen MR) is 80.8 cm³/mol. The number of rotatable bonds is 4. The number of halogens is 2. The molecule has 1 aromatic carbocycles. The van der Waals surface area contributed by atoms with Gasteiger partial charge in [-0.2, -0.15) is 0 Å². The summed E-state index contributed by atoms with van der Waals surface area (Å²) in [5.41, 5.74) is 0.763. The average molecular weight is 408 g/mol. The first-order valence-electron chi connectivity index (χ1n) is 5.00. The molecule has 1 aromatic heterocycles. The van der Waals surface area contributed by atoms with Crippen LogP contribution in [0.4, 0.5) is 10.8 Å². The molecule has 0 atom stereocenters. The Hall–Kier alpha value is -1.12. The number of aromatic nitrogens is 1. The van der Waals surface area contributed by atoms with Crippen LogP contribution in [0.1, 0.15) is 10.5 Å². The van der Waals surface area contributed by atoms with Crippen molar-refractivity contribution in [3.05, 3.63) is 32.2 Å². The van der Waals surface area contributed by atoms with Crippen molar-refractivity contribution in [2.24, 2.45) is 0 Å². The Morgan fingerprint density at radius 2 is 2.16 bits per heavy atom. The molecule has 2 N–H and O–H groups in total. The number of hydrogen-bond donors (Lipinski definition) is 2. The molecule has 0 amide bonds. The highest BCUT2D eigenvalue weighted by atomic mass is 79.9. The number of nitrogens with zero attached hydrogens (tertiary/aromatic N) is 1. The number of aromatic carboxylic acids is 1. The topological polar surface area (TPSA) is 71.5 Å². The molecule has 0 aliphatic heterocycles. The van der Waals surface area contributed by atoms with E-state index in [2.05, 4.69) is 42.2 Å². The van der Waals surface area contributed by atoms with E-state index in [1.165, 1.54) is 16.7 Å². The van der Waals surface area contributed by atoms with Gasteiger partial charge in [0.25, 0.3) is 0 Å². The normalized spacial score (nSPS) is 10.3. The lowest BCUT2D eigenvalue weighted by molar-refractivity contribution is 0.0691. The molecule has 1 heterocycles.